The number of benzene rings is 2. The highest BCUT2D eigenvalue weighted by atomic mass is 32.2. The van der Waals surface area contributed by atoms with Crippen LogP contribution in [-0.2, 0) is 11.3 Å². The third kappa shape index (κ3) is 5.06. The van der Waals surface area contributed by atoms with Gasteiger partial charge in [0, 0.05) is 49.3 Å². The molecule has 2 aromatic carbocycles. The molecule has 0 aliphatic carbocycles. The SMILES string of the molecule is CCN(Cc1cccc(NC(=O)c2cccc(-n3ccnc3SC)c2)c1)C(C)=O. The van der Waals surface area contributed by atoms with Crippen molar-refractivity contribution in [2.75, 3.05) is 18.1 Å². The van der Waals surface area contributed by atoms with Crippen LogP contribution in [0.2, 0.25) is 0 Å². The van der Waals surface area contributed by atoms with Crippen molar-refractivity contribution >= 4 is 29.3 Å². The molecule has 1 aromatic heterocycles. The van der Waals surface area contributed by atoms with E-state index in [-0.39, 0.29) is 11.8 Å². The Labute approximate surface area is 174 Å². The Hall–Kier alpha value is -3.06. The highest BCUT2D eigenvalue weighted by Gasteiger charge is 2.11. The lowest BCUT2D eigenvalue weighted by molar-refractivity contribution is -0.129. The second kappa shape index (κ2) is 9.43. The molecule has 0 radical (unpaired) electrons. The van der Waals surface area contributed by atoms with E-state index in [1.165, 1.54) is 0 Å². The standard InChI is InChI=1S/C22H24N4O2S/c1-4-25(16(2)27)15-17-7-5-9-19(13-17)24-21(28)18-8-6-10-20(14-18)26-12-11-23-22(26)29-3/h5-14H,4,15H2,1-3H3,(H,24,28). The molecular weight excluding hydrogens is 384 g/mol. The Morgan fingerprint density at radius 2 is 1.97 bits per heavy atom. The van der Waals surface area contributed by atoms with E-state index in [1.807, 2.05) is 66.4 Å². The number of thioether (sulfide) groups is 1. The van der Waals surface area contributed by atoms with Crippen molar-refractivity contribution in [3.8, 4) is 5.69 Å². The molecule has 1 heterocycles. The number of imidazole rings is 1. The van der Waals surface area contributed by atoms with E-state index in [4.69, 9.17) is 0 Å². The van der Waals surface area contributed by atoms with Gasteiger partial charge in [0.2, 0.25) is 5.91 Å². The van der Waals surface area contributed by atoms with Gasteiger partial charge in [0.05, 0.1) is 0 Å². The van der Waals surface area contributed by atoms with Gasteiger partial charge in [0.1, 0.15) is 0 Å². The zero-order valence-electron chi connectivity index (χ0n) is 16.8. The minimum atomic E-state index is -0.186. The van der Waals surface area contributed by atoms with Crippen LogP contribution in [-0.4, -0.2) is 39.1 Å². The van der Waals surface area contributed by atoms with E-state index in [1.54, 1.807) is 35.8 Å². The lowest BCUT2D eigenvalue weighted by atomic mass is 10.1. The molecule has 6 nitrogen and oxygen atoms in total. The summed E-state index contributed by atoms with van der Waals surface area (Å²) in [6, 6.07) is 15.0. The molecule has 0 saturated carbocycles. The summed E-state index contributed by atoms with van der Waals surface area (Å²) in [6.45, 7) is 4.67. The molecule has 3 aromatic rings. The summed E-state index contributed by atoms with van der Waals surface area (Å²) < 4.78 is 1.95. The highest BCUT2D eigenvalue weighted by molar-refractivity contribution is 7.98. The van der Waals surface area contributed by atoms with E-state index in [2.05, 4.69) is 10.3 Å². The normalized spacial score (nSPS) is 10.6. The Balaban J connectivity index is 1.76. The number of hydrogen-bond donors (Lipinski definition) is 1. The predicted octanol–water partition coefficient (Wildman–Crippen LogP) is 4.21. The van der Waals surface area contributed by atoms with E-state index < -0.39 is 0 Å². The summed E-state index contributed by atoms with van der Waals surface area (Å²) in [6.07, 6.45) is 5.58. The van der Waals surface area contributed by atoms with Crippen molar-refractivity contribution in [3.05, 3.63) is 72.1 Å². The molecule has 3 rings (SSSR count). The number of aromatic nitrogens is 2. The molecule has 0 fully saturated rings. The fourth-order valence-corrected chi connectivity index (χ4v) is 3.58. The molecule has 0 bridgehead atoms. The zero-order chi connectivity index (χ0) is 20.8. The number of rotatable bonds is 7. The van der Waals surface area contributed by atoms with Crippen LogP contribution in [0.1, 0.15) is 29.8 Å². The van der Waals surface area contributed by atoms with Gasteiger partial charge >= 0.3 is 0 Å². The number of hydrogen-bond acceptors (Lipinski definition) is 4. The number of carbonyl (C=O) groups is 2. The lowest BCUT2D eigenvalue weighted by Gasteiger charge is -2.19. The third-order valence-corrected chi connectivity index (χ3v) is 5.23. The van der Waals surface area contributed by atoms with Gasteiger partial charge in [-0.2, -0.15) is 0 Å². The smallest absolute Gasteiger partial charge is 0.255 e. The molecule has 0 saturated heterocycles. The maximum Gasteiger partial charge on any atom is 0.255 e. The quantitative estimate of drug-likeness (QED) is 0.595. The molecule has 0 aliphatic heterocycles. The Morgan fingerprint density at radius 3 is 2.69 bits per heavy atom. The first-order valence-electron chi connectivity index (χ1n) is 9.35. The fourth-order valence-electron chi connectivity index (χ4n) is 3.05. The topological polar surface area (TPSA) is 67.2 Å². The molecule has 0 spiro atoms. The molecule has 2 amide bonds. The van der Waals surface area contributed by atoms with Crippen LogP contribution in [0, 0.1) is 0 Å². The average Bonchev–Trinajstić information content (AvgIpc) is 3.21. The van der Waals surface area contributed by atoms with Crippen molar-refractivity contribution in [1.82, 2.24) is 14.5 Å². The Kier molecular flexibility index (Phi) is 6.72. The maximum atomic E-state index is 12.8. The first-order chi connectivity index (χ1) is 14.0. The van der Waals surface area contributed by atoms with E-state index in [9.17, 15) is 9.59 Å². The largest absolute Gasteiger partial charge is 0.339 e. The third-order valence-electron chi connectivity index (χ3n) is 4.56. The Morgan fingerprint density at radius 1 is 1.17 bits per heavy atom. The van der Waals surface area contributed by atoms with Gasteiger partial charge in [0.25, 0.3) is 5.91 Å². The number of anilines is 1. The fraction of sp³-hybridized carbons (Fsp3) is 0.227. The van der Waals surface area contributed by atoms with Gasteiger partial charge in [-0.25, -0.2) is 4.98 Å². The van der Waals surface area contributed by atoms with Crippen LogP contribution in [0.4, 0.5) is 5.69 Å². The number of carbonyl (C=O) groups excluding carboxylic acids is 2. The summed E-state index contributed by atoms with van der Waals surface area (Å²) >= 11 is 1.55. The van der Waals surface area contributed by atoms with Gasteiger partial charge in [-0.15, -0.1) is 0 Å². The number of amides is 2. The van der Waals surface area contributed by atoms with Crippen LogP contribution in [0.25, 0.3) is 5.69 Å². The van der Waals surface area contributed by atoms with Crippen molar-refractivity contribution < 1.29 is 9.59 Å². The van der Waals surface area contributed by atoms with Crippen molar-refractivity contribution in [2.24, 2.45) is 0 Å². The molecular formula is C22H24N4O2S. The van der Waals surface area contributed by atoms with Crippen LogP contribution < -0.4 is 5.32 Å². The second-order valence-electron chi connectivity index (χ2n) is 6.52. The van der Waals surface area contributed by atoms with E-state index in [0.29, 0.717) is 24.3 Å². The van der Waals surface area contributed by atoms with Crippen LogP contribution >= 0.6 is 11.8 Å². The maximum absolute atomic E-state index is 12.8. The van der Waals surface area contributed by atoms with Crippen LogP contribution in [0.3, 0.4) is 0 Å². The molecule has 0 atom stereocenters. The minimum absolute atomic E-state index is 0.0304. The summed E-state index contributed by atoms with van der Waals surface area (Å²) in [5, 5.41) is 3.81. The average molecular weight is 409 g/mol. The monoisotopic (exact) mass is 408 g/mol. The summed E-state index contributed by atoms with van der Waals surface area (Å²) in [5.41, 5.74) is 3.11. The molecule has 7 heteroatoms. The number of nitrogens with one attached hydrogen (secondary N) is 1. The molecule has 0 unspecified atom stereocenters. The second-order valence-corrected chi connectivity index (χ2v) is 7.30. The van der Waals surface area contributed by atoms with Gasteiger partial charge in [0.15, 0.2) is 5.16 Å². The molecule has 150 valence electrons. The van der Waals surface area contributed by atoms with Crippen molar-refractivity contribution in [1.29, 1.82) is 0 Å². The molecule has 29 heavy (non-hydrogen) atoms. The molecule has 1 N–H and O–H groups in total. The van der Waals surface area contributed by atoms with Gasteiger partial charge in [-0.1, -0.05) is 30.0 Å². The van der Waals surface area contributed by atoms with Gasteiger partial charge < -0.3 is 10.2 Å². The lowest BCUT2D eigenvalue weighted by Crippen LogP contribution is -2.27. The first-order valence-corrected chi connectivity index (χ1v) is 10.6. The number of nitrogens with zero attached hydrogens (tertiary/aromatic N) is 3. The highest BCUT2D eigenvalue weighted by Crippen LogP contribution is 2.20. The Bertz CT molecular complexity index is 1020. The molecule has 0 aliphatic rings. The minimum Gasteiger partial charge on any atom is -0.339 e. The van der Waals surface area contributed by atoms with Gasteiger partial charge in [-0.3, -0.25) is 14.2 Å². The van der Waals surface area contributed by atoms with Crippen LogP contribution in [0.5, 0.6) is 0 Å². The van der Waals surface area contributed by atoms with E-state index >= 15 is 0 Å². The van der Waals surface area contributed by atoms with Gasteiger partial charge in [-0.05, 0) is 49.1 Å². The first kappa shape index (κ1) is 20.7. The predicted molar refractivity (Wildman–Crippen MR) is 117 cm³/mol. The van der Waals surface area contributed by atoms with Crippen molar-refractivity contribution in [3.63, 3.8) is 0 Å². The zero-order valence-corrected chi connectivity index (χ0v) is 17.6. The summed E-state index contributed by atoms with van der Waals surface area (Å²) in [7, 11) is 0. The summed E-state index contributed by atoms with van der Waals surface area (Å²) in [5.74, 6) is -0.156. The van der Waals surface area contributed by atoms with E-state index in [0.717, 1.165) is 16.4 Å². The summed E-state index contributed by atoms with van der Waals surface area (Å²) in [4.78, 5) is 30.5. The van der Waals surface area contributed by atoms with Crippen LogP contribution in [0.15, 0.2) is 66.1 Å². The van der Waals surface area contributed by atoms with Crippen molar-refractivity contribution in [2.45, 2.75) is 25.5 Å².